The second kappa shape index (κ2) is 28.1. The third-order valence-corrected chi connectivity index (χ3v) is 11.4. The van der Waals surface area contributed by atoms with Crippen molar-refractivity contribution < 1.29 is 209 Å². The Morgan fingerprint density at radius 1 is 0.565 bits per heavy atom. The second-order valence-electron chi connectivity index (χ2n) is 13.1. The van der Waals surface area contributed by atoms with Crippen molar-refractivity contribution in [1.29, 1.82) is 0 Å². The SMILES string of the molecule is CC(=O)N[C@H]1[C@@H](OP(=O)([O-])OCCCN)O[C@H](CO)[C@@H](OP(=O)([O-])O[C@H]2O[C@H](CO)[C@@H](OP(=O)([O-])O[C@H]3O[C@H](CO)[C@@H](O)[C@H](O)[C@H]3NC(C)=O)[C@H](O)[C@H]2NC(C)=O)[C@@H]1O.[Na+].[Na+].[Na+]. The fraction of sp³-hybridized carbons (Fsp3) is 0.889. The van der Waals surface area contributed by atoms with Gasteiger partial charge < -0.3 is 99.9 Å². The van der Waals surface area contributed by atoms with Crippen molar-refractivity contribution in [3.05, 3.63) is 0 Å². The molecular weight excluding hydrogens is 942 g/mol. The number of carbonyl (C=O) groups is 3. The first-order chi connectivity index (χ1) is 27.4. The third-order valence-electron chi connectivity index (χ3n) is 8.50. The minimum atomic E-state index is -6.00. The Balaban J connectivity index is 0.0000124. The fourth-order valence-electron chi connectivity index (χ4n) is 5.93. The minimum absolute atomic E-state index is 0. The molecule has 12 N–H and O–H groups in total. The number of amides is 3. The van der Waals surface area contributed by atoms with Gasteiger partial charge in [0.25, 0.3) is 23.5 Å². The van der Waals surface area contributed by atoms with Gasteiger partial charge >= 0.3 is 88.7 Å². The molecule has 3 unspecified atom stereocenters. The summed E-state index contributed by atoms with van der Waals surface area (Å²) in [4.78, 5) is 74.7. The van der Waals surface area contributed by atoms with Crippen molar-refractivity contribution in [2.24, 2.45) is 5.73 Å². The van der Waals surface area contributed by atoms with Gasteiger partial charge in [-0.2, -0.15) is 0 Å². The predicted molar refractivity (Wildman–Crippen MR) is 180 cm³/mol. The smallest absolute Gasteiger partial charge is 0.756 e. The number of nitrogens with one attached hydrogen (secondary N) is 3. The summed E-state index contributed by atoms with van der Waals surface area (Å²) in [5.74, 6) is -2.80. The van der Waals surface area contributed by atoms with Gasteiger partial charge in [-0.25, -0.2) is 0 Å². The van der Waals surface area contributed by atoms with E-state index in [0.717, 1.165) is 20.8 Å². The number of ether oxygens (including phenoxy) is 3. The van der Waals surface area contributed by atoms with Crippen molar-refractivity contribution in [2.45, 2.75) is 119 Å². The van der Waals surface area contributed by atoms with E-state index in [0.29, 0.717) is 0 Å². The van der Waals surface area contributed by atoms with Gasteiger partial charge in [0, 0.05) is 20.8 Å². The van der Waals surface area contributed by atoms with Gasteiger partial charge in [-0.3, -0.25) is 41.6 Å². The van der Waals surface area contributed by atoms with Crippen LogP contribution in [0.15, 0.2) is 0 Å². The van der Waals surface area contributed by atoms with Crippen LogP contribution in [0.5, 0.6) is 0 Å². The molecule has 3 amide bonds. The number of hydrogen-bond donors (Lipinski definition) is 11. The van der Waals surface area contributed by atoms with Gasteiger partial charge in [-0.1, -0.05) is 0 Å². The van der Waals surface area contributed by atoms with Gasteiger partial charge in [0.1, 0.15) is 73.1 Å². The van der Waals surface area contributed by atoms with Gasteiger partial charge in [0.2, 0.25) is 17.7 Å². The second-order valence-corrected chi connectivity index (χ2v) is 17.1. The summed E-state index contributed by atoms with van der Waals surface area (Å²) < 4.78 is 83.9. The van der Waals surface area contributed by atoms with Crippen LogP contribution >= 0.6 is 23.5 Å². The van der Waals surface area contributed by atoms with Crippen LogP contribution in [0.1, 0.15) is 27.2 Å². The summed E-state index contributed by atoms with van der Waals surface area (Å²) in [6.45, 7) is -1.11. The molecule has 3 fully saturated rings. The first-order valence-corrected chi connectivity index (χ1v) is 21.8. The number of phosphoric ester groups is 3. The summed E-state index contributed by atoms with van der Waals surface area (Å²) >= 11 is 0. The van der Waals surface area contributed by atoms with E-state index in [4.69, 9.17) is 42.6 Å². The van der Waals surface area contributed by atoms with Crippen LogP contribution in [0.4, 0.5) is 0 Å². The van der Waals surface area contributed by atoms with Crippen molar-refractivity contribution in [1.82, 2.24) is 16.0 Å². The molecule has 0 spiro atoms. The van der Waals surface area contributed by atoms with E-state index in [1.54, 1.807) is 0 Å². The average Bonchev–Trinajstić information content (AvgIpc) is 3.12. The van der Waals surface area contributed by atoms with E-state index in [9.17, 15) is 78.5 Å². The van der Waals surface area contributed by atoms with E-state index >= 15 is 0 Å². The van der Waals surface area contributed by atoms with E-state index in [1.807, 2.05) is 5.32 Å². The summed E-state index contributed by atoms with van der Waals surface area (Å²) in [6.07, 6.45) is -25.4. The zero-order valence-corrected chi connectivity index (χ0v) is 43.0. The largest absolute Gasteiger partial charge is 1.00 e. The van der Waals surface area contributed by atoms with E-state index in [2.05, 4.69) is 15.2 Å². The zero-order chi connectivity index (χ0) is 44.6. The summed E-state index contributed by atoms with van der Waals surface area (Å²) in [6, 6.07) is -5.85. The molecule has 0 aliphatic carbocycles. The molecule has 3 heterocycles. The summed E-state index contributed by atoms with van der Waals surface area (Å²) in [5, 5.41) is 78.8. The average molecular weight is 991 g/mol. The number of rotatable bonds is 20. The van der Waals surface area contributed by atoms with Crippen LogP contribution in [0.3, 0.4) is 0 Å². The number of nitrogens with two attached hydrogens (primary N) is 1. The van der Waals surface area contributed by atoms with Crippen LogP contribution < -0.4 is 125 Å². The van der Waals surface area contributed by atoms with Gasteiger partial charge in [-0.05, 0) is 13.0 Å². The first kappa shape index (κ1) is 63.3. The third kappa shape index (κ3) is 18.3. The molecule has 0 saturated carbocycles. The van der Waals surface area contributed by atoms with Gasteiger partial charge in [0.05, 0.1) is 26.4 Å². The Bertz CT molecular complexity index is 1590. The standard InChI is InChI=1S/C27H51N4O25P3.3Na/c1-10(35)29-16-20(39)19(38)13(7-32)49-25(16)55-58(44,45)52-24-15(9-34)51-27(18(22(24)41)31-12(3)37)56-59(46,47)53-23-14(8-33)50-26(17(21(23)40)30-11(2)36)54-57(42,43)48-6-4-5-28;;;/h13-27,32-34,38-41H,4-9,28H2,1-3H3,(H,29,35)(H,30,36)(H,31,37)(H,42,43)(H,44,45)(H,46,47);;;/q;3*+1/p-3/t13-,14-,15-,16-,17-,18-,19-,20-,21-,22-,23-,24-,25-,26-,27-;;;/m1.../s1. The predicted octanol–water partition coefficient (Wildman–Crippen LogP) is -17.3. The molecule has 0 aromatic carbocycles. The number of aliphatic hydroxyl groups is 7. The van der Waals surface area contributed by atoms with Crippen LogP contribution in [-0.2, 0) is 69.4 Å². The molecule has 3 rings (SSSR count). The molecule has 3 saturated heterocycles. The molecule has 62 heavy (non-hydrogen) atoms. The van der Waals surface area contributed by atoms with E-state index < -0.39 is 160 Å². The zero-order valence-electron chi connectivity index (χ0n) is 34.3. The minimum Gasteiger partial charge on any atom is -0.756 e. The number of carbonyl (C=O) groups excluding carboxylic acids is 3. The molecular formula is C27H48N4Na3O25P3. The molecule has 0 radical (unpaired) electrons. The molecule has 0 aromatic rings. The van der Waals surface area contributed by atoms with Crippen LogP contribution in [-0.4, -0.2) is 178 Å². The Kier molecular flexibility index (Phi) is 28.7. The van der Waals surface area contributed by atoms with E-state index in [1.165, 1.54) is 0 Å². The molecule has 344 valence electrons. The molecule has 18 atom stereocenters. The Labute approximate surface area is 420 Å². The first-order valence-electron chi connectivity index (χ1n) is 17.4. The Hall–Kier alpha value is 1.30. The van der Waals surface area contributed by atoms with E-state index in [-0.39, 0.29) is 102 Å². The Morgan fingerprint density at radius 2 is 0.887 bits per heavy atom. The Morgan fingerprint density at radius 3 is 1.21 bits per heavy atom. The molecule has 0 bridgehead atoms. The van der Waals surface area contributed by atoms with Crippen LogP contribution in [0, 0.1) is 0 Å². The van der Waals surface area contributed by atoms with Crippen LogP contribution in [0.2, 0.25) is 0 Å². The fourth-order valence-corrected chi connectivity index (χ4v) is 8.87. The van der Waals surface area contributed by atoms with Crippen molar-refractivity contribution >= 4 is 41.2 Å². The maximum atomic E-state index is 13.3. The van der Waals surface area contributed by atoms with Gasteiger partial charge in [0.15, 0.2) is 18.9 Å². The number of phosphoric acid groups is 3. The summed E-state index contributed by atoms with van der Waals surface area (Å²) in [7, 11) is -17.1. The summed E-state index contributed by atoms with van der Waals surface area (Å²) in [5.41, 5.74) is 5.30. The maximum absolute atomic E-state index is 13.3. The normalized spacial score (nSPS) is 36.4. The van der Waals surface area contributed by atoms with Crippen molar-refractivity contribution in [3.8, 4) is 0 Å². The number of hydrogen-bond acceptors (Lipinski definition) is 26. The molecule has 29 nitrogen and oxygen atoms in total. The molecule has 3 aliphatic heterocycles. The van der Waals surface area contributed by atoms with Crippen molar-refractivity contribution in [2.75, 3.05) is 33.0 Å². The maximum Gasteiger partial charge on any atom is 1.00 e. The monoisotopic (exact) mass is 990 g/mol. The van der Waals surface area contributed by atoms with Crippen molar-refractivity contribution in [3.63, 3.8) is 0 Å². The number of aliphatic hydroxyl groups excluding tert-OH is 7. The quantitative estimate of drug-likeness (QED) is 0.0306. The van der Waals surface area contributed by atoms with Crippen LogP contribution in [0.25, 0.3) is 0 Å². The topological polar surface area (TPSA) is 458 Å². The molecule has 35 heteroatoms. The molecule has 0 aromatic heterocycles. The van der Waals surface area contributed by atoms with Gasteiger partial charge in [-0.15, -0.1) is 0 Å². The molecule has 3 aliphatic rings.